The topological polar surface area (TPSA) is 52.8 Å². The number of hydrogen-bond donors (Lipinski definition) is 0. The van der Waals surface area contributed by atoms with Gasteiger partial charge in [-0.3, -0.25) is 4.79 Å². The number of halogens is 1. The lowest BCUT2D eigenvalue weighted by molar-refractivity contribution is 0.0997. The summed E-state index contributed by atoms with van der Waals surface area (Å²) in [7, 11) is 3.09. The van der Waals surface area contributed by atoms with E-state index in [2.05, 4.69) is 11.9 Å². The highest BCUT2D eigenvalue weighted by Gasteiger charge is 2.13. The predicted octanol–water partition coefficient (Wildman–Crippen LogP) is 4.52. The van der Waals surface area contributed by atoms with Crippen LogP contribution in [0.15, 0.2) is 41.4 Å². The molecule has 1 aromatic heterocycles. The second kappa shape index (κ2) is 7.93. The monoisotopic (exact) mass is 390 g/mol. The number of hydrogen-bond acceptors (Lipinski definition) is 4. The Morgan fingerprint density at radius 2 is 1.88 bits per heavy atom. The molecular formula is C19H19ClN2O3S. The van der Waals surface area contributed by atoms with E-state index < -0.39 is 0 Å². The Kier molecular flexibility index (Phi) is 5.64. The number of benzene rings is 2. The van der Waals surface area contributed by atoms with Crippen LogP contribution in [0, 0.1) is 0 Å². The molecule has 3 aromatic rings. The maximum atomic E-state index is 12.8. The number of nitrogens with zero attached hydrogens (tertiary/aromatic N) is 2. The van der Waals surface area contributed by atoms with Crippen LogP contribution in [0.4, 0.5) is 0 Å². The third-order valence-electron chi connectivity index (χ3n) is 3.89. The van der Waals surface area contributed by atoms with Crippen molar-refractivity contribution in [2.24, 2.45) is 4.99 Å². The van der Waals surface area contributed by atoms with E-state index in [4.69, 9.17) is 21.1 Å². The molecule has 1 heterocycles. The molecule has 0 spiro atoms. The third kappa shape index (κ3) is 3.61. The Morgan fingerprint density at radius 3 is 2.50 bits per heavy atom. The predicted molar refractivity (Wildman–Crippen MR) is 105 cm³/mol. The summed E-state index contributed by atoms with van der Waals surface area (Å²) in [6.45, 7) is 2.81. The van der Waals surface area contributed by atoms with Crippen molar-refractivity contribution < 1.29 is 14.3 Å². The number of fused-ring (bicyclic) bond motifs is 1. The van der Waals surface area contributed by atoms with Gasteiger partial charge in [-0.1, -0.05) is 35.9 Å². The molecule has 5 nitrogen and oxygen atoms in total. The first-order valence-corrected chi connectivity index (χ1v) is 9.36. The van der Waals surface area contributed by atoms with E-state index in [1.165, 1.54) is 11.3 Å². The minimum atomic E-state index is -0.352. The molecule has 26 heavy (non-hydrogen) atoms. The largest absolute Gasteiger partial charge is 0.497 e. The number of aromatic nitrogens is 1. The van der Waals surface area contributed by atoms with E-state index in [-0.39, 0.29) is 5.91 Å². The lowest BCUT2D eigenvalue weighted by Crippen LogP contribution is -2.17. The Bertz CT molecular complexity index is 1000. The quantitative estimate of drug-likeness (QED) is 0.643. The Hall–Kier alpha value is -2.31. The summed E-state index contributed by atoms with van der Waals surface area (Å²) in [4.78, 5) is 17.7. The van der Waals surface area contributed by atoms with Gasteiger partial charge in [-0.05, 0) is 30.7 Å². The van der Waals surface area contributed by atoms with E-state index in [9.17, 15) is 4.79 Å². The van der Waals surface area contributed by atoms with Crippen molar-refractivity contribution in [3.05, 3.63) is 51.8 Å². The summed E-state index contributed by atoms with van der Waals surface area (Å²) in [5.74, 6) is 0.738. The average Bonchev–Trinajstić information content (AvgIpc) is 3.00. The van der Waals surface area contributed by atoms with Crippen molar-refractivity contribution in [3.8, 4) is 11.5 Å². The number of carbonyl (C=O) groups is 1. The second-order valence-corrected chi connectivity index (χ2v) is 7.06. The summed E-state index contributed by atoms with van der Waals surface area (Å²) in [6, 6.07) is 10.7. The standard InChI is InChI=1S/C19H19ClN2O3S/c1-4-8-22-17-15(20)6-5-7-16(17)26-19(22)21-18(23)12-9-13(24-2)11-14(10-12)25-3/h5-7,9-11H,4,8H2,1-3H3. The highest BCUT2D eigenvalue weighted by Crippen LogP contribution is 2.26. The van der Waals surface area contributed by atoms with E-state index in [1.807, 2.05) is 22.8 Å². The number of amides is 1. The first kappa shape index (κ1) is 18.5. The fourth-order valence-electron chi connectivity index (χ4n) is 2.69. The Labute approximate surface area is 160 Å². The molecule has 0 aliphatic rings. The third-order valence-corrected chi connectivity index (χ3v) is 5.24. The van der Waals surface area contributed by atoms with Gasteiger partial charge in [-0.15, -0.1) is 0 Å². The van der Waals surface area contributed by atoms with E-state index in [0.29, 0.717) is 26.9 Å². The fourth-order valence-corrected chi connectivity index (χ4v) is 4.10. The van der Waals surface area contributed by atoms with Crippen molar-refractivity contribution in [3.63, 3.8) is 0 Å². The van der Waals surface area contributed by atoms with E-state index >= 15 is 0 Å². The van der Waals surface area contributed by atoms with Gasteiger partial charge >= 0.3 is 0 Å². The maximum Gasteiger partial charge on any atom is 0.279 e. The molecule has 0 saturated heterocycles. The Morgan fingerprint density at radius 1 is 1.19 bits per heavy atom. The number of aryl methyl sites for hydroxylation is 1. The van der Waals surface area contributed by atoms with Crippen LogP contribution < -0.4 is 14.3 Å². The molecule has 0 bridgehead atoms. The van der Waals surface area contributed by atoms with Gasteiger partial charge in [0.05, 0.1) is 29.5 Å². The first-order chi connectivity index (χ1) is 12.6. The minimum Gasteiger partial charge on any atom is -0.497 e. The summed E-state index contributed by atoms with van der Waals surface area (Å²) in [5, 5.41) is 0.657. The highest BCUT2D eigenvalue weighted by molar-refractivity contribution is 7.16. The molecule has 0 N–H and O–H groups in total. The number of thiazole rings is 1. The van der Waals surface area contributed by atoms with Crippen LogP contribution >= 0.6 is 22.9 Å². The SMILES string of the molecule is CCCn1c(=NC(=O)c2cc(OC)cc(OC)c2)sc2cccc(Cl)c21. The number of carbonyl (C=O) groups excluding carboxylic acids is 1. The molecule has 0 unspecified atom stereocenters. The highest BCUT2D eigenvalue weighted by atomic mass is 35.5. The summed E-state index contributed by atoms with van der Waals surface area (Å²) < 4.78 is 13.5. The molecule has 0 radical (unpaired) electrons. The van der Waals surface area contributed by atoms with E-state index in [0.717, 1.165) is 23.2 Å². The normalized spacial score (nSPS) is 11.8. The van der Waals surface area contributed by atoms with Crippen molar-refractivity contribution in [2.45, 2.75) is 19.9 Å². The van der Waals surface area contributed by atoms with Crippen molar-refractivity contribution in [1.82, 2.24) is 4.57 Å². The van der Waals surface area contributed by atoms with Crippen LogP contribution in [0.25, 0.3) is 10.2 Å². The van der Waals surface area contributed by atoms with Gasteiger partial charge in [0.2, 0.25) is 0 Å². The second-order valence-electron chi connectivity index (χ2n) is 5.64. The summed E-state index contributed by atoms with van der Waals surface area (Å²) >= 11 is 7.82. The smallest absolute Gasteiger partial charge is 0.279 e. The molecule has 0 saturated carbocycles. The molecule has 3 rings (SSSR count). The lowest BCUT2D eigenvalue weighted by atomic mass is 10.2. The Balaban J connectivity index is 2.14. The maximum absolute atomic E-state index is 12.8. The van der Waals surface area contributed by atoms with Gasteiger partial charge < -0.3 is 14.0 Å². The van der Waals surface area contributed by atoms with Crippen molar-refractivity contribution in [1.29, 1.82) is 0 Å². The molecule has 0 aliphatic carbocycles. The van der Waals surface area contributed by atoms with Gasteiger partial charge in [0, 0.05) is 18.2 Å². The number of ether oxygens (including phenoxy) is 2. The molecule has 1 amide bonds. The zero-order valence-corrected chi connectivity index (χ0v) is 16.4. The lowest BCUT2D eigenvalue weighted by Gasteiger charge is -2.06. The van der Waals surface area contributed by atoms with Crippen LogP contribution in [0.1, 0.15) is 23.7 Å². The average molecular weight is 391 g/mol. The fraction of sp³-hybridized carbons (Fsp3) is 0.263. The van der Waals surface area contributed by atoms with Crippen LogP contribution in [0.2, 0.25) is 5.02 Å². The van der Waals surface area contributed by atoms with Gasteiger partial charge in [0.1, 0.15) is 11.5 Å². The molecular weight excluding hydrogens is 372 g/mol. The first-order valence-electron chi connectivity index (χ1n) is 8.17. The number of rotatable bonds is 5. The van der Waals surface area contributed by atoms with Crippen LogP contribution in [0.3, 0.4) is 0 Å². The van der Waals surface area contributed by atoms with Gasteiger partial charge in [0.15, 0.2) is 4.80 Å². The molecule has 136 valence electrons. The van der Waals surface area contributed by atoms with Crippen molar-refractivity contribution in [2.75, 3.05) is 14.2 Å². The van der Waals surface area contributed by atoms with Gasteiger partial charge in [-0.2, -0.15) is 4.99 Å². The molecule has 0 aliphatic heterocycles. The van der Waals surface area contributed by atoms with E-state index in [1.54, 1.807) is 32.4 Å². The zero-order chi connectivity index (χ0) is 18.7. The number of para-hydroxylation sites is 1. The van der Waals surface area contributed by atoms with Crippen molar-refractivity contribution >= 4 is 39.1 Å². The van der Waals surface area contributed by atoms with Gasteiger partial charge in [0.25, 0.3) is 5.91 Å². The zero-order valence-electron chi connectivity index (χ0n) is 14.8. The molecule has 0 fully saturated rings. The minimum absolute atomic E-state index is 0.352. The molecule has 2 aromatic carbocycles. The number of methoxy groups -OCH3 is 2. The van der Waals surface area contributed by atoms with Gasteiger partial charge in [-0.25, -0.2) is 0 Å². The van der Waals surface area contributed by atoms with Crippen LogP contribution in [-0.4, -0.2) is 24.7 Å². The summed E-state index contributed by atoms with van der Waals surface area (Å²) in [5.41, 5.74) is 1.32. The molecule has 0 atom stereocenters. The molecule has 7 heteroatoms. The van der Waals surface area contributed by atoms with Crippen LogP contribution in [0.5, 0.6) is 11.5 Å². The summed E-state index contributed by atoms with van der Waals surface area (Å²) in [6.07, 6.45) is 0.908. The van der Waals surface area contributed by atoms with Crippen LogP contribution in [-0.2, 0) is 6.54 Å².